The number of carbonyl (C=O) groups excluding carboxylic acids is 2. The van der Waals surface area contributed by atoms with Crippen LogP contribution >= 0.6 is 0 Å². The summed E-state index contributed by atoms with van der Waals surface area (Å²) in [4.78, 5) is 25.9. The van der Waals surface area contributed by atoms with Gasteiger partial charge < -0.3 is 14.9 Å². The number of urea groups is 1. The van der Waals surface area contributed by atoms with Gasteiger partial charge in [-0.05, 0) is 5.53 Å². The zero-order valence-electron chi connectivity index (χ0n) is 10.1. The number of alkyl halides is 1. The smallest absolute Gasteiger partial charge is 0.326 e. The van der Waals surface area contributed by atoms with Crippen LogP contribution in [-0.4, -0.2) is 64.4 Å². The number of nitrogens with one attached hydrogen (secondary N) is 1. The zero-order valence-corrected chi connectivity index (χ0v) is 10.1. The Balaban J connectivity index is 2.24. The summed E-state index contributed by atoms with van der Waals surface area (Å²) in [5.74, 6) is -0.501. The molecule has 110 valence electrons. The van der Waals surface area contributed by atoms with E-state index in [0.717, 1.165) is 4.90 Å². The van der Waals surface area contributed by atoms with Crippen molar-refractivity contribution in [3.05, 3.63) is 10.4 Å². The Labute approximate surface area is 111 Å². The van der Waals surface area contributed by atoms with E-state index in [1.165, 1.54) is 0 Å². The molecule has 2 saturated heterocycles. The van der Waals surface area contributed by atoms with Gasteiger partial charge in [0, 0.05) is 17.9 Å². The molecule has 2 rings (SSSR count). The summed E-state index contributed by atoms with van der Waals surface area (Å²) in [6, 6.07) is -0.854. The monoisotopic (exact) mass is 289 g/mol. The van der Waals surface area contributed by atoms with Crippen LogP contribution in [0.3, 0.4) is 0 Å². The van der Waals surface area contributed by atoms with E-state index in [4.69, 9.17) is 15.4 Å². The fraction of sp³-hybridized carbons (Fsp3) is 0.778. The lowest BCUT2D eigenvalue weighted by Gasteiger charge is -2.33. The zero-order chi connectivity index (χ0) is 14.9. The quantitative estimate of drug-likeness (QED) is 0.345. The minimum absolute atomic E-state index is 0.0388. The maximum atomic E-state index is 14.0. The molecule has 4 atom stereocenters. The van der Waals surface area contributed by atoms with Crippen LogP contribution in [0.2, 0.25) is 0 Å². The Morgan fingerprint density at radius 3 is 2.90 bits per heavy atom. The predicted octanol–water partition coefficient (Wildman–Crippen LogP) is -1.02. The van der Waals surface area contributed by atoms with Crippen molar-refractivity contribution < 1.29 is 28.9 Å². The highest BCUT2D eigenvalue weighted by Crippen LogP contribution is 2.36. The summed E-state index contributed by atoms with van der Waals surface area (Å²) < 4.78 is 19.1. The molecule has 0 aromatic rings. The number of ether oxygens (including phenoxy) is 1. The molecule has 0 aromatic heterocycles. The second-order valence-electron chi connectivity index (χ2n) is 4.39. The standard InChI is InChI=1S/C9H12FN5O5/c10-6-5(18)7(20-9(6,3-16)13-14-11)15-2-1-4(17)12-8(15)19/h5-7,16,18H,1-3H2,(H,12,17,19)/t5-,6+,7-,9-/m1/s1. The highest BCUT2D eigenvalue weighted by atomic mass is 19.1. The normalized spacial score (nSPS) is 37.5. The second-order valence-corrected chi connectivity index (χ2v) is 4.39. The van der Waals surface area contributed by atoms with Gasteiger partial charge in [0.25, 0.3) is 0 Å². The average molecular weight is 289 g/mol. The van der Waals surface area contributed by atoms with Gasteiger partial charge in [-0.2, -0.15) is 0 Å². The number of aliphatic hydroxyl groups excluding tert-OH is 2. The van der Waals surface area contributed by atoms with Gasteiger partial charge in [0.2, 0.25) is 11.6 Å². The van der Waals surface area contributed by atoms with Crippen LogP contribution in [0, 0.1) is 0 Å². The molecule has 0 radical (unpaired) electrons. The van der Waals surface area contributed by atoms with Crippen molar-refractivity contribution in [2.45, 2.75) is 30.6 Å². The molecule has 0 spiro atoms. The summed E-state index contributed by atoms with van der Waals surface area (Å²) in [6.07, 6.45) is -5.52. The molecule has 3 N–H and O–H groups in total. The van der Waals surface area contributed by atoms with Crippen LogP contribution < -0.4 is 5.32 Å². The van der Waals surface area contributed by atoms with Crippen LogP contribution in [0.25, 0.3) is 10.4 Å². The molecule has 0 bridgehead atoms. The molecule has 10 nitrogen and oxygen atoms in total. The van der Waals surface area contributed by atoms with Crippen LogP contribution in [0.1, 0.15) is 6.42 Å². The first kappa shape index (κ1) is 14.5. The Morgan fingerprint density at radius 1 is 1.65 bits per heavy atom. The molecule has 2 aliphatic heterocycles. The Kier molecular flexibility index (Phi) is 3.77. The third kappa shape index (κ3) is 2.16. The van der Waals surface area contributed by atoms with Gasteiger partial charge in [0.05, 0.1) is 6.61 Å². The van der Waals surface area contributed by atoms with Gasteiger partial charge in [0.15, 0.2) is 12.4 Å². The second kappa shape index (κ2) is 5.21. The largest absolute Gasteiger partial charge is 0.393 e. The third-order valence-electron chi connectivity index (χ3n) is 3.18. The maximum Gasteiger partial charge on any atom is 0.326 e. The van der Waals surface area contributed by atoms with Crippen molar-refractivity contribution >= 4 is 11.9 Å². The molecule has 0 aromatic carbocycles. The van der Waals surface area contributed by atoms with Gasteiger partial charge >= 0.3 is 6.03 Å². The molecular formula is C9H12FN5O5. The number of hydrogen-bond acceptors (Lipinski definition) is 6. The lowest BCUT2D eigenvalue weighted by atomic mass is 10.1. The van der Waals surface area contributed by atoms with Crippen molar-refractivity contribution in [1.29, 1.82) is 0 Å². The summed E-state index contributed by atoms with van der Waals surface area (Å²) in [5, 5.41) is 24.0. The van der Waals surface area contributed by atoms with E-state index in [1.807, 2.05) is 5.32 Å². The first-order valence-corrected chi connectivity index (χ1v) is 5.72. The summed E-state index contributed by atoms with van der Waals surface area (Å²) >= 11 is 0. The first-order valence-electron chi connectivity index (χ1n) is 5.72. The predicted molar refractivity (Wildman–Crippen MR) is 59.6 cm³/mol. The number of azide groups is 1. The van der Waals surface area contributed by atoms with E-state index in [9.17, 15) is 19.1 Å². The third-order valence-corrected chi connectivity index (χ3v) is 3.18. The van der Waals surface area contributed by atoms with Crippen molar-refractivity contribution in [2.75, 3.05) is 13.2 Å². The van der Waals surface area contributed by atoms with Crippen LogP contribution in [-0.2, 0) is 9.53 Å². The van der Waals surface area contributed by atoms with Crippen LogP contribution in [0.4, 0.5) is 9.18 Å². The van der Waals surface area contributed by atoms with Crippen molar-refractivity contribution in [3.63, 3.8) is 0 Å². The fourth-order valence-electron chi connectivity index (χ4n) is 2.13. The van der Waals surface area contributed by atoms with E-state index in [-0.39, 0.29) is 13.0 Å². The topological polar surface area (TPSA) is 148 Å². The van der Waals surface area contributed by atoms with Crippen molar-refractivity contribution in [1.82, 2.24) is 10.2 Å². The summed E-state index contributed by atoms with van der Waals surface area (Å²) in [6.45, 7) is -1.09. The van der Waals surface area contributed by atoms with E-state index < -0.39 is 42.8 Å². The highest BCUT2D eigenvalue weighted by Gasteiger charge is 2.58. The SMILES string of the molecule is [N-]=[N+]=N[C@]1(CO)O[C@@H](N2CCC(=O)NC2=O)[C@H](O)[C@@H]1F. The van der Waals surface area contributed by atoms with Gasteiger partial charge in [-0.1, -0.05) is 5.11 Å². The molecule has 0 unspecified atom stereocenters. The molecule has 20 heavy (non-hydrogen) atoms. The minimum Gasteiger partial charge on any atom is -0.393 e. The number of halogens is 1. The van der Waals surface area contributed by atoms with E-state index in [1.54, 1.807) is 0 Å². The molecule has 11 heteroatoms. The number of hydrogen-bond donors (Lipinski definition) is 3. The van der Waals surface area contributed by atoms with E-state index in [0.29, 0.717) is 0 Å². The number of nitrogens with zero attached hydrogens (tertiary/aromatic N) is 4. The van der Waals surface area contributed by atoms with Crippen molar-refractivity contribution in [2.24, 2.45) is 5.11 Å². The summed E-state index contributed by atoms with van der Waals surface area (Å²) in [7, 11) is 0. The molecule has 2 heterocycles. The number of carbonyl (C=O) groups is 2. The number of rotatable bonds is 3. The number of aliphatic hydroxyl groups is 2. The molecule has 2 fully saturated rings. The van der Waals surface area contributed by atoms with Crippen LogP contribution in [0.5, 0.6) is 0 Å². The molecule has 2 aliphatic rings. The highest BCUT2D eigenvalue weighted by molar-refractivity contribution is 5.96. The minimum atomic E-state index is -2.29. The van der Waals surface area contributed by atoms with Gasteiger partial charge in [-0.3, -0.25) is 15.0 Å². The average Bonchev–Trinajstić information content (AvgIpc) is 2.65. The number of amides is 3. The maximum absolute atomic E-state index is 14.0. The van der Waals surface area contributed by atoms with Gasteiger partial charge in [-0.25, -0.2) is 9.18 Å². The molecule has 3 amide bonds. The molecule has 0 aliphatic carbocycles. The fourth-order valence-corrected chi connectivity index (χ4v) is 2.13. The van der Waals surface area contributed by atoms with E-state index in [2.05, 4.69) is 10.0 Å². The lowest BCUT2D eigenvalue weighted by molar-refractivity contribution is -0.137. The molecule has 0 saturated carbocycles. The van der Waals surface area contributed by atoms with Crippen LogP contribution in [0.15, 0.2) is 5.11 Å². The summed E-state index contributed by atoms with van der Waals surface area (Å²) in [5.41, 5.74) is 6.10. The Hall–Kier alpha value is -1.94. The molecular weight excluding hydrogens is 277 g/mol. The Morgan fingerprint density at radius 2 is 2.35 bits per heavy atom. The lowest BCUT2D eigenvalue weighted by Crippen LogP contribution is -2.56. The van der Waals surface area contributed by atoms with Gasteiger partial charge in [0.1, 0.15) is 6.10 Å². The van der Waals surface area contributed by atoms with E-state index >= 15 is 0 Å². The Bertz CT molecular complexity index is 483. The van der Waals surface area contributed by atoms with Crippen molar-refractivity contribution in [3.8, 4) is 0 Å². The first-order chi connectivity index (χ1) is 9.45. The van der Waals surface area contributed by atoms with Gasteiger partial charge in [-0.15, -0.1) is 0 Å². The number of imide groups is 1.